The second-order valence-corrected chi connectivity index (χ2v) is 10.7. The van der Waals surface area contributed by atoms with E-state index in [-0.39, 0.29) is 21.2 Å². The lowest BCUT2D eigenvalue weighted by molar-refractivity contribution is -0.136. The number of hydrogen-bond donors (Lipinski definition) is 2. The van der Waals surface area contributed by atoms with Crippen molar-refractivity contribution < 1.29 is 21.6 Å². The molecule has 2 aromatic carbocycles. The zero-order chi connectivity index (χ0) is 23.7. The Morgan fingerprint density at radius 2 is 1.56 bits per heavy atom. The van der Waals surface area contributed by atoms with Crippen LogP contribution in [0.4, 0.5) is 13.2 Å². The van der Waals surface area contributed by atoms with Crippen LogP contribution in [0.25, 0.3) is 10.9 Å². The highest BCUT2D eigenvalue weighted by molar-refractivity contribution is 7.89. The van der Waals surface area contributed by atoms with Crippen molar-refractivity contribution in [3.05, 3.63) is 75.6 Å². The highest BCUT2D eigenvalue weighted by atomic mass is 32.2. The number of nitrogens with one attached hydrogen (secondary N) is 2. The van der Waals surface area contributed by atoms with E-state index in [4.69, 9.17) is 0 Å². The van der Waals surface area contributed by atoms with Crippen LogP contribution in [0.1, 0.15) is 43.9 Å². The summed E-state index contributed by atoms with van der Waals surface area (Å²) in [5.41, 5.74) is -0.335. The Bertz CT molecular complexity index is 1270. The average molecular weight is 467 g/mol. The summed E-state index contributed by atoms with van der Waals surface area (Å²) in [6, 6.07) is 11.3. The first-order valence-electron chi connectivity index (χ1n) is 10.1. The number of benzene rings is 2. The van der Waals surface area contributed by atoms with Crippen LogP contribution in [0.5, 0.6) is 0 Å². The summed E-state index contributed by atoms with van der Waals surface area (Å²) < 4.78 is 67.5. The molecule has 32 heavy (non-hydrogen) atoms. The van der Waals surface area contributed by atoms with Crippen LogP contribution >= 0.6 is 0 Å². The summed E-state index contributed by atoms with van der Waals surface area (Å²) in [5.74, 6) is 0. The fraction of sp³-hybridized carbons (Fsp3) is 0.348. The Morgan fingerprint density at radius 3 is 2.16 bits per heavy atom. The van der Waals surface area contributed by atoms with E-state index in [1.165, 1.54) is 24.3 Å². The number of H-pyrrole nitrogens is 1. The summed E-state index contributed by atoms with van der Waals surface area (Å²) in [5, 5.41) is -0.0863. The minimum Gasteiger partial charge on any atom is -0.322 e. The normalized spacial score (nSPS) is 12.9. The summed E-state index contributed by atoms with van der Waals surface area (Å²) in [6.45, 7) is 6.41. The maximum absolute atomic E-state index is 13.4. The Hall–Kier alpha value is -2.65. The number of hydrogen-bond acceptors (Lipinski definition) is 3. The van der Waals surface area contributed by atoms with Crippen molar-refractivity contribution in [3.8, 4) is 0 Å². The molecular formula is C23H25F3N2O3S. The largest absolute Gasteiger partial charge is 0.417 e. The maximum Gasteiger partial charge on any atom is 0.417 e. The van der Waals surface area contributed by atoms with Gasteiger partial charge in [-0.1, -0.05) is 39.0 Å². The smallest absolute Gasteiger partial charge is 0.322 e. The molecule has 9 heteroatoms. The van der Waals surface area contributed by atoms with Crippen LogP contribution in [0.15, 0.2) is 58.2 Å². The fourth-order valence-electron chi connectivity index (χ4n) is 3.31. The molecule has 0 aliphatic heterocycles. The number of sulfonamides is 1. The first-order valence-corrected chi connectivity index (χ1v) is 11.5. The molecule has 3 aromatic rings. The van der Waals surface area contributed by atoms with Crippen molar-refractivity contribution in [3.63, 3.8) is 0 Å². The van der Waals surface area contributed by atoms with Gasteiger partial charge in [0.1, 0.15) is 0 Å². The van der Waals surface area contributed by atoms with Gasteiger partial charge in [-0.2, -0.15) is 13.2 Å². The van der Waals surface area contributed by atoms with E-state index >= 15 is 0 Å². The van der Waals surface area contributed by atoms with Gasteiger partial charge in [-0.05, 0) is 53.6 Å². The molecule has 0 spiro atoms. The lowest BCUT2D eigenvalue weighted by Crippen LogP contribution is -2.27. The molecule has 0 fully saturated rings. The third-order valence-electron chi connectivity index (χ3n) is 5.02. The Morgan fingerprint density at radius 1 is 0.938 bits per heavy atom. The van der Waals surface area contributed by atoms with E-state index in [1.54, 1.807) is 18.2 Å². The fourth-order valence-corrected chi connectivity index (χ4v) is 4.34. The van der Waals surface area contributed by atoms with Crippen molar-refractivity contribution in [1.29, 1.82) is 0 Å². The summed E-state index contributed by atoms with van der Waals surface area (Å²) in [7, 11) is -3.64. The number of halogens is 3. The van der Waals surface area contributed by atoms with E-state index in [1.807, 2.05) is 20.8 Å². The molecular weight excluding hydrogens is 441 g/mol. The van der Waals surface area contributed by atoms with E-state index in [2.05, 4.69) is 9.71 Å². The first kappa shape index (κ1) is 24.0. The number of alkyl halides is 3. The van der Waals surface area contributed by atoms with Gasteiger partial charge in [0.05, 0.1) is 10.5 Å². The zero-order valence-electron chi connectivity index (χ0n) is 18.0. The van der Waals surface area contributed by atoms with Gasteiger partial charge in [0.15, 0.2) is 0 Å². The predicted molar refractivity (Wildman–Crippen MR) is 118 cm³/mol. The summed E-state index contributed by atoms with van der Waals surface area (Å²) in [6.07, 6.45) is -3.65. The Balaban J connectivity index is 1.81. The van der Waals surface area contributed by atoms with Gasteiger partial charge in [-0.25, -0.2) is 13.1 Å². The maximum atomic E-state index is 13.4. The Kier molecular flexibility index (Phi) is 6.53. The molecule has 0 saturated carbocycles. The third kappa shape index (κ3) is 5.98. The number of fused-ring (bicyclic) bond motifs is 1. The quantitative estimate of drug-likeness (QED) is 0.545. The highest BCUT2D eigenvalue weighted by Gasteiger charge is 2.33. The van der Waals surface area contributed by atoms with Crippen LogP contribution in [-0.4, -0.2) is 19.9 Å². The number of aromatic nitrogens is 1. The molecule has 0 saturated heterocycles. The van der Waals surface area contributed by atoms with Crippen LogP contribution < -0.4 is 10.3 Å². The van der Waals surface area contributed by atoms with E-state index in [0.29, 0.717) is 31.0 Å². The Labute approximate surface area is 184 Å². The topological polar surface area (TPSA) is 79.0 Å². The predicted octanol–water partition coefficient (Wildman–Crippen LogP) is 4.85. The van der Waals surface area contributed by atoms with Crippen LogP contribution in [0, 0.1) is 5.41 Å². The van der Waals surface area contributed by atoms with Crippen molar-refractivity contribution in [1.82, 2.24) is 9.71 Å². The number of aromatic amines is 1. The molecule has 0 atom stereocenters. The minimum absolute atomic E-state index is 0.00519. The minimum atomic E-state index is -4.65. The molecule has 3 rings (SSSR count). The third-order valence-corrected chi connectivity index (χ3v) is 6.50. The lowest BCUT2D eigenvalue weighted by Gasteiger charge is -2.18. The van der Waals surface area contributed by atoms with Crippen molar-refractivity contribution >= 4 is 20.9 Å². The van der Waals surface area contributed by atoms with Gasteiger partial charge < -0.3 is 4.98 Å². The molecule has 0 bridgehead atoms. The van der Waals surface area contributed by atoms with Crippen LogP contribution in [-0.2, 0) is 22.6 Å². The van der Waals surface area contributed by atoms with Gasteiger partial charge in [-0.15, -0.1) is 0 Å². The summed E-state index contributed by atoms with van der Waals surface area (Å²) in [4.78, 5) is 14.1. The van der Waals surface area contributed by atoms with Crippen molar-refractivity contribution in [2.24, 2.45) is 5.41 Å². The van der Waals surface area contributed by atoms with Gasteiger partial charge in [0, 0.05) is 23.5 Å². The molecule has 0 unspecified atom stereocenters. The van der Waals surface area contributed by atoms with Gasteiger partial charge in [0.2, 0.25) is 15.6 Å². The highest BCUT2D eigenvalue weighted by Crippen LogP contribution is 2.33. The SMILES string of the molecule is CC(C)(C)CCNS(=O)(=O)c1ccc(Cc2ccc3[nH]c(=O)cc(C(F)(F)F)c3c2)cc1. The van der Waals surface area contributed by atoms with Gasteiger partial charge in [0.25, 0.3) is 0 Å². The van der Waals surface area contributed by atoms with E-state index in [9.17, 15) is 26.4 Å². The number of pyridine rings is 1. The first-order chi connectivity index (χ1) is 14.7. The molecule has 1 aromatic heterocycles. The van der Waals surface area contributed by atoms with Crippen molar-refractivity contribution in [2.45, 2.75) is 44.7 Å². The van der Waals surface area contributed by atoms with Gasteiger partial charge >= 0.3 is 6.18 Å². The van der Waals surface area contributed by atoms with Crippen LogP contribution in [0.2, 0.25) is 0 Å². The molecule has 0 aliphatic carbocycles. The van der Waals surface area contributed by atoms with E-state index < -0.39 is 27.3 Å². The van der Waals surface area contributed by atoms with E-state index in [0.717, 1.165) is 5.56 Å². The van der Waals surface area contributed by atoms with Crippen molar-refractivity contribution in [2.75, 3.05) is 6.54 Å². The van der Waals surface area contributed by atoms with Gasteiger partial charge in [-0.3, -0.25) is 4.79 Å². The molecule has 5 nitrogen and oxygen atoms in total. The van der Waals surface area contributed by atoms with Crippen LogP contribution in [0.3, 0.4) is 0 Å². The monoisotopic (exact) mass is 466 g/mol. The molecule has 0 amide bonds. The molecule has 0 aliphatic rings. The molecule has 1 heterocycles. The average Bonchev–Trinajstić information content (AvgIpc) is 2.66. The zero-order valence-corrected chi connectivity index (χ0v) is 18.8. The molecule has 172 valence electrons. The standard InChI is InChI=1S/C23H25F3N2O3S/c1-22(2,3)10-11-27-32(30,31)17-7-4-15(5-8-17)12-16-6-9-20-18(13-16)19(23(24,25)26)14-21(29)28-20/h4-9,13-14,27H,10-12H2,1-3H3,(H,28,29). The molecule has 2 N–H and O–H groups in total. The molecule has 0 radical (unpaired) electrons. The summed E-state index contributed by atoms with van der Waals surface area (Å²) >= 11 is 0. The second kappa shape index (κ2) is 8.71. The number of rotatable bonds is 6. The second-order valence-electron chi connectivity index (χ2n) is 8.95. The lowest BCUT2D eigenvalue weighted by atomic mass is 9.93.